The number of aliphatic hydroxyl groups excluding tert-OH is 2. The van der Waals surface area contributed by atoms with Crippen LogP contribution in [0.1, 0.15) is 93.9 Å². The van der Waals surface area contributed by atoms with Crippen LogP contribution in [0.15, 0.2) is 47.6 Å². The lowest BCUT2D eigenvalue weighted by molar-refractivity contribution is -0.274. The van der Waals surface area contributed by atoms with E-state index < -0.39 is 37.0 Å². The van der Waals surface area contributed by atoms with Crippen LogP contribution >= 0.6 is 0 Å². The van der Waals surface area contributed by atoms with E-state index in [9.17, 15) is 10.2 Å². The molecule has 12 heteroatoms. The molecule has 0 spiro atoms. The van der Waals surface area contributed by atoms with Gasteiger partial charge in [-0.25, -0.2) is 0 Å². The Morgan fingerprint density at radius 3 is 1.52 bits per heavy atom. The minimum Gasteiger partial charge on any atom is -0.392 e. The quantitative estimate of drug-likeness (QED) is 0.0619. The highest BCUT2D eigenvalue weighted by Crippen LogP contribution is 2.51. The van der Waals surface area contributed by atoms with Gasteiger partial charge in [-0.15, -0.1) is 0 Å². The molecule has 0 aromatic carbocycles. The van der Waals surface area contributed by atoms with Gasteiger partial charge in [0.2, 0.25) is 0 Å². The van der Waals surface area contributed by atoms with E-state index in [2.05, 4.69) is 53.7 Å². The van der Waals surface area contributed by atoms with Crippen LogP contribution in [-0.4, -0.2) is 140 Å². The second-order valence-corrected chi connectivity index (χ2v) is 18.6. The summed E-state index contributed by atoms with van der Waals surface area (Å²) in [6, 6.07) is 0. The van der Waals surface area contributed by atoms with Gasteiger partial charge < -0.3 is 57.6 Å². The molecule has 2 aliphatic heterocycles. The second kappa shape index (κ2) is 26.0. The fourth-order valence-electron chi connectivity index (χ4n) is 10.4. The molecule has 12 nitrogen and oxygen atoms in total. The highest BCUT2D eigenvalue weighted by atomic mass is 16.7. The molecule has 20 atom stereocenters. The van der Waals surface area contributed by atoms with Crippen LogP contribution in [0.4, 0.5) is 0 Å². The smallest absolute Gasteiger partial charge is 0.184 e. The maximum absolute atomic E-state index is 11.2. The van der Waals surface area contributed by atoms with Crippen molar-refractivity contribution < 1.29 is 57.6 Å². The molecular formula is C50H86O12. The van der Waals surface area contributed by atoms with Gasteiger partial charge in [0.25, 0.3) is 0 Å². The van der Waals surface area contributed by atoms with Crippen molar-refractivity contribution in [2.45, 2.75) is 168 Å². The molecule has 4 fully saturated rings. The Kier molecular flexibility index (Phi) is 22.3. The molecule has 0 bridgehead atoms. The number of rotatable bonds is 27. The molecule has 0 radical (unpaired) electrons. The van der Waals surface area contributed by atoms with Crippen LogP contribution in [0.3, 0.4) is 0 Å². The maximum atomic E-state index is 11.2. The third kappa shape index (κ3) is 14.0. The molecule has 0 amide bonds. The van der Waals surface area contributed by atoms with Gasteiger partial charge in [0.1, 0.15) is 24.4 Å². The third-order valence-corrected chi connectivity index (χ3v) is 14.7. The van der Waals surface area contributed by atoms with Gasteiger partial charge in [0.15, 0.2) is 12.6 Å². The first kappa shape index (κ1) is 53.1. The first-order valence-corrected chi connectivity index (χ1v) is 23.5. The normalized spacial score (nSPS) is 36.0. The van der Waals surface area contributed by atoms with Crippen molar-refractivity contribution in [3.8, 4) is 0 Å². The molecule has 0 aromatic heterocycles. The molecule has 62 heavy (non-hydrogen) atoms. The van der Waals surface area contributed by atoms with Crippen LogP contribution in [-0.2, 0) is 47.4 Å². The number of hydrogen-bond acceptors (Lipinski definition) is 12. The second-order valence-electron chi connectivity index (χ2n) is 18.6. The molecule has 2 aliphatic carbocycles. The predicted molar refractivity (Wildman–Crippen MR) is 241 cm³/mol. The van der Waals surface area contributed by atoms with Gasteiger partial charge in [-0.1, -0.05) is 78.0 Å². The zero-order valence-electron chi connectivity index (χ0n) is 40.6. The lowest BCUT2D eigenvalue weighted by Gasteiger charge is -2.41. The number of ether oxygens (including phenoxy) is 10. The summed E-state index contributed by atoms with van der Waals surface area (Å²) in [6.07, 6.45) is 14.0. The summed E-state index contributed by atoms with van der Waals surface area (Å²) >= 11 is 0. The number of allylic oxidation sites excluding steroid dienone is 4. The van der Waals surface area contributed by atoms with E-state index >= 15 is 0 Å². The topological polar surface area (TPSA) is 133 Å². The van der Waals surface area contributed by atoms with E-state index in [1.54, 1.807) is 42.7 Å². The summed E-state index contributed by atoms with van der Waals surface area (Å²) in [5.41, 5.74) is 1.96. The Labute approximate surface area is 375 Å². The lowest BCUT2D eigenvalue weighted by Crippen LogP contribution is -2.52. The standard InChI is InChI=1S/C50H86O12/c1-15-39(53-9)33(7)35-25-37(35)45(51)29(3)19-17-21-31(5)47-41(55-11)27-43(57-13)50(62-47)60-24-23-59-49-42(56-12)28-44(58-14)61-48(49)32(6)22-18-20-30(4)46(52)38-26-36(38)34(8)40(16-2)54-10/h17-22,29-30,33-52H,15-16,23-28H2,1-14H3/b19-17+,20-18+,31-21+,32-22+/t29-,30-,33-,34-,35-,36-,37+,38+,39-,40-,41+,42-,43+,44+,45+,46+,47-,48-,49-,50+/m0/s1. The summed E-state index contributed by atoms with van der Waals surface area (Å²) in [5, 5.41) is 22.4. The molecule has 2 N–H and O–H groups in total. The zero-order valence-corrected chi connectivity index (χ0v) is 40.6. The molecule has 2 heterocycles. The third-order valence-electron chi connectivity index (χ3n) is 14.7. The van der Waals surface area contributed by atoms with Gasteiger partial charge in [0, 0.05) is 67.3 Å². The molecular weight excluding hydrogens is 793 g/mol. The Balaban J connectivity index is 1.33. The summed E-state index contributed by atoms with van der Waals surface area (Å²) in [7, 11) is 10.2. The Morgan fingerprint density at radius 1 is 0.581 bits per heavy atom. The van der Waals surface area contributed by atoms with Crippen molar-refractivity contribution >= 4 is 0 Å². The predicted octanol–water partition coefficient (Wildman–Crippen LogP) is 7.70. The van der Waals surface area contributed by atoms with Crippen molar-refractivity contribution in [2.24, 2.45) is 47.3 Å². The molecule has 0 aromatic rings. The molecule has 2 saturated carbocycles. The molecule has 4 aliphatic rings. The number of aliphatic hydroxyl groups is 2. The van der Waals surface area contributed by atoms with E-state index in [0.29, 0.717) is 48.3 Å². The van der Waals surface area contributed by atoms with Crippen molar-refractivity contribution in [1.29, 1.82) is 0 Å². The minimum atomic E-state index is -0.637. The average Bonchev–Trinajstić information content (AvgIpc) is 4.23. The number of hydrogen-bond donors (Lipinski definition) is 2. The van der Waals surface area contributed by atoms with Gasteiger partial charge in [-0.05, 0) is 86.2 Å². The SMILES string of the molecule is CC[C@H](OC)[C@@H](C)[C@@H]1C[C@H]1[C@H](O)[C@@H](C)/C=C/C=C(\C)[C@@H]1O[C@@H](OC)C[C@H](OC)[C@@H]1OCCO[C@@H]1O[C@@H](/C(C)=C/C=C/[C@H](C)[C@@H](O)[C@@H]2C[C@H]2[C@H](C)[C@H](CC)OC)[C@H](OC)C[C@H]1OC. The summed E-state index contributed by atoms with van der Waals surface area (Å²) in [4.78, 5) is 0. The maximum Gasteiger partial charge on any atom is 0.184 e. The van der Waals surface area contributed by atoms with E-state index in [-0.39, 0.29) is 61.7 Å². The first-order chi connectivity index (χ1) is 29.7. The monoisotopic (exact) mass is 879 g/mol. The lowest BCUT2D eigenvalue weighted by atomic mass is 9.91. The van der Waals surface area contributed by atoms with Gasteiger partial charge in [0.05, 0.1) is 49.8 Å². The average molecular weight is 879 g/mol. The highest BCUT2D eigenvalue weighted by Gasteiger charge is 2.49. The fourth-order valence-corrected chi connectivity index (χ4v) is 10.4. The van der Waals surface area contributed by atoms with Crippen LogP contribution in [0.25, 0.3) is 0 Å². The molecule has 0 unspecified atom stereocenters. The molecule has 4 rings (SSSR count). The van der Waals surface area contributed by atoms with Crippen LogP contribution in [0.5, 0.6) is 0 Å². The summed E-state index contributed by atoms with van der Waals surface area (Å²) in [6.45, 7) is 17.5. The fraction of sp³-hybridized carbons (Fsp3) is 0.840. The Hall–Kier alpha value is -1.52. The van der Waals surface area contributed by atoms with E-state index in [4.69, 9.17) is 47.4 Å². The van der Waals surface area contributed by atoms with Crippen molar-refractivity contribution in [3.05, 3.63) is 47.6 Å². The highest BCUT2D eigenvalue weighted by molar-refractivity contribution is 5.20. The number of methoxy groups -OCH3 is 6. The zero-order chi connectivity index (χ0) is 45.7. The minimum absolute atomic E-state index is 0.00106. The van der Waals surface area contributed by atoms with E-state index in [1.165, 1.54) is 0 Å². The largest absolute Gasteiger partial charge is 0.392 e. The van der Waals surface area contributed by atoms with Crippen molar-refractivity contribution in [3.63, 3.8) is 0 Å². The van der Waals surface area contributed by atoms with Gasteiger partial charge >= 0.3 is 0 Å². The summed E-state index contributed by atoms with van der Waals surface area (Å²) in [5.74, 6) is 2.44. The Morgan fingerprint density at radius 2 is 1.06 bits per heavy atom. The van der Waals surface area contributed by atoms with Crippen molar-refractivity contribution in [1.82, 2.24) is 0 Å². The molecule has 2 saturated heterocycles. The van der Waals surface area contributed by atoms with E-state index in [0.717, 1.165) is 36.8 Å². The summed E-state index contributed by atoms with van der Waals surface area (Å²) < 4.78 is 60.5. The van der Waals surface area contributed by atoms with Gasteiger partial charge in [-0.2, -0.15) is 0 Å². The van der Waals surface area contributed by atoms with Gasteiger partial charge in [-0.3, -0.25) is 0 Å². The van der Waals surface area contributed by atoms with Crippen LogP contribution in [0, 0.1) is 47.3 Å². The Bertz CT molecular complexity index is 1410. The first-order valence-electron chi connectivity index (χ1n) is 23.5. The van der Waals surface area contributed by atoms with Crippen molar-refractivity contribution in [2.75, 3.05) is 55.9 Å². The van der Waals surface area contributed by atoms with Crippen LogP contribution in [0.2, 0.25) is 0 Å². The molecule has 358 valence electrons. The van der Waals surface area contributed by atoms with Crippen LogP contribution < -0.4 is 0 Å². The van der Waals surface area contributed by atoms with E-state index in [1.807, 2.05) is 38.2 Å².